The standard InChI is InChI=1S/C23H28N4O3/c1-15-6-11-21(24-14-15)27-12-13-30-22-19(4-3-5-20(22)27)23(29)26-18-9-7-17(8-10-18)25-16(2)28/h3-6,11,14,17-18H,7-10,12-13H2,1-2H3,(H,25,28)(H,26,29). The van der Waals surface area contributed by atoms with Crippen LogP contribution in [0.2, 0.25) is 0 Å². The molecule has 158 valence electrons. The second kappa shape index (κ2) is 8.73. The van der Waals surface area contributed by atoms with E-state index in [-0.39, 0.29) is 23.9 Å². The van der Waals surface area contributed by atoms with E-state index in [1.807, 2.05) is 43.5 Å². The molecular weight excluding hydrogens is 380 g/mol. The molecule has 0 unspecified atom stereocenters. The van der Waals surface area contributed by atoms with Gasteiger partial charge in [-0.25, -0.2) is 4.98 Å². The minimum Gasteiger partial charge on any atom is -0.489 e. The lowest BCUT2D eigenvalue weighted by molar-refractivity contribution is -0.119. The maximum absolute atomic E-state index is 13.0. The Morgan fingerprint density at radius 2 is 1.80 bits per heavy atom. The van der Waals surface area contributed by atoms with Gasteiger partial charge in [-0.1, -0.05) is 12.1 Å². The van der Waals surface area contributed by atoms with E-state index in [4.69, 9.17) is 4.74 Å². The Labute approximate surface area is 176 Å². The number of nitrogens with zero attached hydrogens (tertiary/aromatic N) is 2. The van der Waals surface area contributed by atoms with Crippen molar-refractivity contribution >= 4 is 23.3 Å². The van der Waals surface area contributed by atoms with Crippen LogP contribution >= 0.6 is 0 Å². The summed E-state index contributed by atoms with van der Waals surface area (Å²) in [6, 6.07) is 10.00. The molecule has 1 aromatic carbocycles. The van der Waals surface area contributed by atoms with Gasteiger partial charge in [-0.15, -0.1) is 0 Å². The largest absolute Gasteiger partial charge is 0.489 e. The number of hydrogen-bond acceptors (Lipinski definition) is 5. The molecule has 7 nitrogen and oxygen atoms in total. The van der Waals surface area contributed by atoms with E-state index in [0.29, 0.717) is 24.5 Å². The predicted molar refractivity (Wildman–Crippen MR) is 115 cm³/mol. The molecule has 2 heterocycles. The normalized spacial score (nSPS) is 20.7. The lowest BCUT2D eigenvalue weighted by Crippen LogP contribution is -2.43. The van der Waals surface area contributed by atoms with Crippen molar-refractivity contribution in [1.29, 1.82) is 0 Å². The van der Waals surface area contributed by atoms with Crippen molar-refractivity contribution in [3.05, 3.63) is 47.7 Å². The topological polar surface area (TPSA) is 83.6 Å². The molecule has 1 aromatic heterocycles. The molecule has 7 heteroatoms. The molecule has 1 aliphatic carbocycles. The zero-order chi connectivity index (χ0) is 21.1. The van der Waals surface area contributed by atoms with Gasteiger partial charge in [-0.2, -0.15) is 0 Å². The molecule has 1 saturated carbocycles. The van der Waals surface area contributed by atoms with Crippen LogP contribution in [0.1, 0.15) is 48.5 Å². The van der Waals surface area contributed by atoms with Crippen LogP contribution in [0, 0.1) is 6.92 Å². The van der Waals surface area contributed by atoms with E-state index in [0.717, 1.165) is 42.8 Å². The Bertz CT molecular complexity index is 921. The third-order valence-corrected chi connectivity index (χ3v) is 5.73. The van der Waals surface area contributed by atoms with Crippen LogP contribution in [0.15, 0.2) is 36.5 Å². The van der Waals surface area contributed by atoms with Crippen molar-refractivity contribution in [2.75, 3.05) is 18.1 Å². The van der Waals surface area contributed by atoms with Crippen LogP contribution in [0.3, 0.4) is 0 Å². The van der Waals surface area contributed by atoms with E-state index in [9.17, 15) is 9.59 Å². The van der Waals surface area contributed by atoms with Crippen molar-refractivity contribution in [1.82, 2.24) is 15.6 Å². The van der Waals surface area contributed by atoms with Gasteiger partial charge in [-0.05, 0) is 56.4 Å². The number of ether oxygens (including phenoxy) is 1. The number of para-hydroxylation sites is 1. The molecular formula is C23H28N4O3. The number of anilines is 2. The number of pyridine rings is 1. The Kier molecular flexibility index (Phi) is 5.88. The minimum atomic E-state index is -0.117. The summed E-state index contributed by atoms with van der Waals surface area (Å²) in [6.07, 6.45) is 5.30. The van der Waals surface area contributed by atoms with E-state index < -0.39 is 0 Å². The van der Waals surface area contributed by atoms with Gasteiger partial charge in [-0.3, -0.25) is 9.59 Å². The molecule has 0 atom stereocenters. The highest BCUT2D eigenvalue weighted by Crippen LogP contribution is 2.38. The summed E-state index contributed by atoms with van der Waals surface area (Å²) in [7, 11) is 0. The van der Waals surface area contributed by atoms with Crippen LogP contribution in [-0.4, -0.2) is 42.0 Å². The summed E-state index contributed by atoms with van der Waals surface area (Å²) in [5.74, 6) is 1.34. The number of carbonyl (C=O) groups is 2. The molecule has 0 bridgehead atoms. The molecule has 4 rings (SSSR count). The molecule has 2 aliphatic rings. The predicted octanol–water partition coefficient (Wildman–Crippen LogP) is 3.10. The third-order valence-electron chi connectivity index (χ3n) is 5.73. The van der Waals surface area contributed by atoms with Crippen LogP contribution in [0.5, 0.6) is 5.75 Å². The number of aromatic nitrogens is 1. The number of fused-ring (bicyclic) bond motifs is 1. The third kappa shape index (κ3) is 4.40. The van der Waals surface area contributed by atoms with Gasteiger partial charge in [0.05, 0.1) is 17.8 Å². The molecule has 0 saturated heterocycles. The zero-order valence-corrected chi connectivity index (χ0v) is 17.5. The second-order valence-electron chi connectivity index (χ2n) is 8.07. The smallest absolute Gasteiger partial charge is 0.255 e. The van der Waals surface area contributed by atoms with E-state index in [1.165, 1.54) is 0 Å². The maximum atomic E-state index is 13.0. The molecule has 2 aromatic rings. The first-order chi connectivity index (χ1) is 14.5. The quantitative estimate of drug-likeness (QED) is 0.812. The number of carbonyl (C=O) groups excluding carboxylic acids is 2. The summed E-state index contributed by atoms with van der Waals surface area (Å²) in [5.41, 5.74) is 2.52. The van der Waals surface area contributed by atoms with Crippen molar-refractivity contribution in [2.24, 2.45) is 0 Å². The van der Waals surface area contributed by atoms with E-state index in [2.05, 4.69) is 20.5 Å². The van der Waals surface area contributed by atoms with Gasteiger partial charge >= 0.3 is 0 Å². The molecule has 1 aliphatic heterocycles. The van der Waals surface area contributed by atoms with Crippen LogP contribution in [-0.2, 0) is 4.79 Å². The van der Waals surface area contributed by atoms with Crippen molar-refractivity contribution in [2.45, 2.75) is 51.6 Å². The van der Waals surface area contributed by atoms with Gasteiger partial charge in [0, 0.05) is 25.2 Å². The molecule has 2 N–H and O–H groups in total. The first kappa shape index (κ1) is 20.2. The zero-order valence-electron chi connectivity index (χ0n) is 17.5. The number of rotatable bonds is 4. The van der Waals surface area contributed by atoms with Crippen molar-refractivity contribution in [3.8, 4) is 5.75 Å². The highest BCUT2D eigenvalue weighted by atomic mass is 16.5. The van der Waals surface area contributed by atoms with Gasteiger partial charge in [0.2, 0.25) is 5.91 Å². The second-order valence-corrected chi connectivity index (χ2v) is 8.07. The number of nitrogens with one attached hydrogen (secondary N) is 2. The summed E-state index contributed by atoms with van der Waals surface area (Å²) in [6.45, 7) is 4.73. The van der Waals surface area contributed by atoms with Gasteiger partial charge in [0.1, 0.15) is 12.4 Å². The monoisotopic (exact) mass is 408 g/mol. The Balaban J connectivity index is 1.48. The first-order valence-corrected chi connectivity index (χ1v) is 10.6. The minimum absolute atomic E-state index is 0.00293. The fraction of sp³-hybridized carbons (Fsp3) is 0.435. The Morgan fingerprint density at radius 3 is 2.47 bits per heavy atom. The average Bonchev–Trinajstić information content (AvgIpc) is 2.74. The number of hydrogen-bond donors (Lipinski definition) is 2. The number of benzene rings is 1. The molecule has 0 spiro atoms. The Morgan fingerprint density at radius 1 is 1.07 bits per heavy atom. The number of amides is 2. The maximum Gasteiger partial charge on any atom is 0.255 e. The summed E-state index contributed by atoms with van der Waals surface area (Å²) < 4.78 is 5.92. The highest BCUT2D eigenvalue weighted by molar-refractivity contribution is 5.99. The molecule has 30 heavy (non-hydrogen) atoms. The lowest BCUT2D eigenvalue weighted by atomic mass is 9.91. The van der Waals surface area contributed by atoms with Crippen molar-refractivity contribution < 1.29 is 14.3 Å². The Hall–Kier alpha value is -3.09. The summed E-state index contributed by atoms with van der Waals surface area (Å²) in [5, 5.41) is 6.12. The SMILES string of the molecule is CC(=O)NC1CCC(NC(=O)c2cccc3c2OCCN3c2ccc(C)cn2)CC1. The highest BCUT2D eigenvalue weighted by Gasteiger charge is 2.28. The molecule has 0 radical (unpaired) electrons. The van der Waals surface area contributed by atoms with Gasteiger partial charge in [0.15, 0.2) is 5.75 Å². The van der Waals surface area contributed by atoms with Crippen LogP contribution in [0.4, 0.5) is 11.5 Å². The average molecular weight is 409 g/mol. The lowest BCUT2D eigenvalue weighted by Gasteiger charge is -2.32. The van der Waals surface area contributed by atoms with Gasteiger partial charge < -0.3 is 20.3 Å². The van der Waals surface area contributed by atoms with Gasteiger partial charge in [0.25, 0.3) is 5.91 Å². The summed E-state index contributed by atoms with van der Waals surface area (Å²) in [4.78, 5) is 30.9. The number of aryl methyl sites for hydroxylation is 1. The summed E-state index contributed by atoms with van der Waals surface area (Å²) >= 11 is 0. The fourth-order valence-corrected chi connectivity index (χ4v) is 4.22. The van der Waals surface area contributed by atoms with E-state index >= 15 is 0 Å². The van der Waals surface area contributed by atoms with E-state index in [1.54, 1.807) is 6.92 Å². The fourth-order valence-electron chi connectivity index (χ4n) is 4.22. The molecule has 2 amide bonds. The van der Waals surface area contributed by atoms with Crippen molar-refractivity contribution in [3.63, 3.8) is 0 Å². The van der Waals surface area contributed by atoms with Crippen LogP contribution < -0.4 is 20.3 Å². The van der Waals surface area contributed by atoms with Crippen LogP contribution in [0.25, 0.3) is 0 Å². The molecule has 1 fully saturated rings. The first-order valence-electron chi connectivity index (χ1n) is 10.6.